The van der Waals surface area contributed by atoms with Gasteiger partial charge in [-0.1, -0.05) is 12.2 Å². The van der Waals surface area contributed by atoms with E-state index in [1.165, 1.54) is 42.6 Å². The molecule has 2 nitrogen and oxygen atoms in total. The number of fused-ring (bicyclic) bond motifs is 5. The lowest BCUT2D eigenvalue weighted by Gasteiger charge is -2.37. The van der Waals surface area contributed by atoms with Gasteiger partial charge in [0.25, 0.3) is 0 Å². The van der Waals surface area contributed by atoms with Gasteiger partial charge in [-0.3, -0.25) is 4.90 Å². The molecule has 1 aromatic carbocycles. The lowest BCUT2D eigenvalue weighted by molar-refractivity contribution is 0.0963. The maximum Gasteiger partial charge on any atom is 0.0634 e. The highest BCUT2D eigenvalue weighted by molar-refractivity contribution is 9.13. The average molecular weight is 492 g/mol. The van der Waals surface area contributed by atoms with Crippen molar-refractivity contribution in [2.24, 2.45) is 0 Å². The van der Waals surface area contributed by atoms with E-state index in [2.05, 4.69) is 107 Å². The van der Waals surface area contributed by atoms with Crippen molar-refractivity contribution in [2.45, 2.75) is 65.6 Å². The molecule has 0 saturated heterocycles. The van der Waals surface area contributed by atoms with Gasteiger partial charge in [0.05, 0.1) is 11.1 Å². The summed E-state index contributed by atoms with van der Waals surface area (Å²) in [7, 11) is 0. The van der Waals surface area contributed by atoms with Crippen molar-refractivity contribution < 1.29 is 0 Å². The molecule has 144 valence electrons. The Balaban J connectivity index is 1.69. The van der Waals surface area contributed by atoms with Crippen molar-refractivity contribution in [1.82, 2.24) is 9.47 Å². The normalized spacial score (nSPS) is 26.2. The van der Waals surface area contributed by atoms with Crippen molar-refractivity contribution in [3.63, 3.8) is 0 Å². The molecule has 2 unspecified atom stereocenters. The molecular weight excluding hydrogens is 464 g/mol. The number of aryl methyl sites for hydroxylation is 2. The number of rotatable bonds is 4. The fraction of sp³-hybridized carbons (Fsp3) is 0.478. The number of benzene rings is 1. The first-order valence-electron chi connectivity index (χ1n) is 9.73. The Morgan fingerprint density at radius 2 is 1.22 bits per heavy atom. The fourth-order valence-electron chi connectivity index (χ4n) is 5.52. The highest BCUT2D eigenvalue weighted by Gasteiger charge is 2.57. The van der Waals surface area contributed by atoms with Gasteiger partial charge in [-0.2, -0.15) is 0 Å². The minimum atomic E-state index is -0.0249. The summed E-state index contributed by atoms with van der Waals surface area (Å²) in [6, 6.07) is 4.44. The van der Waals surface area contributed by atoms with Gasteiger partial charge >= 0.3 is 0 Å². The second-order valence-electron chi connectivity index (χ2n) is 8.53. The maximum atomic E-state index is 3.82. The Morgan fingerprint density at radius 3 is 1.67 bits per heavy atom. The van der Waals surface area contributed by atoms with Crippen LogP contribution in [-0.4, -0.2) is 16.0 Å². The largest absolute Gasteiger partial charge is 0.349 e. The predicted molar refractivity (Wildman–Crippen MR) is 120 cm³/mol. The van der Waals surface area contributed by atoms with Crippen LogP contribution < -0.4 is 0 Å². The Bertz CT molecular complexity index is 901. The summed E-state index contributed by atoms with van der Waals surface area (Å²) in [5, 5.41) is 0. The molecule has 0 saturated carbocycles. The van der Waals surface area contributed by atoms with E-state index in [-0.39, 0.29) is 11.1 Å². The lowest BCUT2D eigenvalue weighted by atomic mass is 9.79. The van der Waals surface area contributed by atoms with E-state index in [4.69, 9.17) is 0 Å². The summed E-state index contributed by atoms with van der Waals surface area (Å²) in [6.07, 6.45) is 6.00. The third-order valence-electron chi connectivity index (χ3n) is 6.90. The van der Waals surface area contributed by atoms with E-state index >= 15 is 0 Å². The fourth-order valence-corrected chi connectivity index (χ4v) is 6.51. The van der Waals surface area contributed by atoms with Crippen molar-refractivity contribution in [3.05, 3.63) is 66.9 Å². The molecule has 1 aromatic heterocycles. The number of hydrogen-bond acceptors (Lipinski definition) is 1. The standard InChI is InChI=1S/C23H28Br2N2/c1-14-8-9-15(2)26(14)12-7-13-27-22(5)10-11-23(27,6)19-17(4)21(25)20(24)16(3)18(19)22/h8-11H,7,12-13H2,1-6H3. The SMILES string of the molecule is Cc1c(Br)c(Br)c(C)c2c1C1(C)C=CC2(C)N1CCCn1c(C)ccc1C. The monoisotopic (exact) mass is 490 g/mol. The molecule has 4 rings (SSSR count). The zero-order valence-corrected chi connectivity index (χ0v) is 20.3. The molecule has 3 heterocycles. The average Bonchev–Trinajstić information content (AvgIpc) is 3.15. The number of aromatic nitrogens is 1. The van der Waals surface area contributed by atoms with Gasteiger partial charge in [0.2, 0.25) is 0 Å². The quantitative estimate of drug-likeness (QED) is 0.434. The second kappa shape index (κ2) is 6.33. The summed E-state index contributed by atoms with van der Waals surface area (Å²) < 4.78 is 4.83. The Hall–Kier alpha value is -0.840. The van der Waals surface area contributed by atoms with Crippen LogP contribution in [0.15, 0.2) is 33.2 Å². The van der Waals surface area contributed by atoms with Gasteiger partial charge in [-0.25, -0.2) is 0 Å². The minimum absolute atomic E-state index is 0.0249. The molecule has 2 atom stereocenters. The zero-order valence-electron chi connectivity index (χ0n) is 17.1. The first-order chi connectivity index (χ1) is 12.6. The Kier molecular flexibility index (Phi) is 4.57. The summed E-state index contributed by atoms with van der Waals surface area (Å²) in [5.74, 6) is 0. The highest BCUT2D eigenvalue weighted by Crippen LogP contribution is 2.59. The van der Waals surface area contributed by atoms with Gasteiger partial charge in [-0.05, 0) is 114 Å². The van der Waals surface area contributed by atoms with Crippen LogP contribution in [0.2, 0.25) is 0 Å². The molecule has 0 spiro atoms. The van der Waals surface area contributed by atoms with Crippen molar-refractivity contribution in [1.29, 1.82) is 0 Å². The molecule has 2 bridgehead atoms. The van der Waals surface area contributed by atoms with Crippen molar-refractivity contribution in [2.75, 3.05) is 6.54 Å². The van der Waals surface area contributed by atoms with Crippen LogP contribution in [-0.2, 0) is 17.6 Å². The van der Waals surface area contributed by atoms with E-state index in [1.54, 1.807) is 0 Å². The first kappa shape index (κ1) is 19.5. The van der Waals surface area contributed by atoms with Crippen LogP contribution in [0.1, 0.15) is 53.9 Å². The molecule has 27 heavy (non-hydrogen) atoms. The molecule has 2 aromatic rings. The van der Waals surface area contributed by atoms with Crippen LogP contribution in [0.3, 0.4) is 0 Å². The number of hydrogen-bond donors (Lipinski definition) is 0. The maximum absolute atomic E-state index is 3.82. The molecule has 2 aliphatic heterocycles. The topological polar surface area (TPSA) is 8.17 Å². The predicted octanol–water partition coefficient (Wildman–Crippen LogP) is 6.65. The summed E-state index contributed by atoms with van der Waals surface area (Å²) in [5.41, 5.74) is 8.37. The van der Waals surface area contributed by atoms with Crippen LogP contribution >= 0.6 is 31.9 Å². The van der Waals surface area contributed by atoms with Crippen LogP contribution in [0.25, 0.3) is 0 Å². The Labute approximate surface area is 179 Å². The van der Waals surface area contributed by atoms with E-state index in [9.17, 15) is 0 Å². The van der Waals surface area contributed by atoms with Crippen LogP contribution in [0, 0.1) is 27.7 Å². The van der Waals surface area contributed by atoms with E-state index in [0.717, 1.165) is 19.5 Å². The third-order valence-corrected chi connectivity index (χ3v) is 9.41. The summed E-state index contributed by atoms with van der Waals surface area (Å²) in [4.78, 5) is 2.71. The van der Waals surface area contributed by atoms with Gasteiger partial charge in [0.1, 0.15) is 0 Å². The molecule has 2 aliphatic rings. The smallest absolute Gasteiger partial charge is 0.0634 e. The molecule has 0 fully saturated rings. The van der Waals surface area contributed by atoms with Gasteiger partial charge in [0, 0.05) is 33.4 Å². The molecular formula is C23H28Br2N2. The summed E-state index contributed by atoms with van der Waals surface area (Å²) in [6.45, 7) is 15.8. The van der Waals surface area contributed by atoms with Crippen molar-refractivity contribution in [3.8, 4) is 0 Å². The third kappa shape index (κ3) is 2.52. The van der Waals surface area contributed by atoms with Crippen LogP contribution in [0.5, 0.6) is 0 Å². The first-order valence-corrected chi connectivity index (χ1v) is 11.3. The second-order valence-corrected chi connectivity index (χ2v) is 10.1. The van der Waals surface area contributed by atoms with Gasteiger partial charge in [0.15, 0.2) is 0 Å². The van der Waals surface area contributed by atoms with Gasteiger partial charge in [-0.15, -0.1) is 0 Å². The molecule has 4 heteroatoms. The minimum Gasteiger partial charge on any atom is -0.349 e. The number of halogens is 2. The van der Waals surface area contributed by atoms with Crippen molar-refractivity contribution >= 4 is 31.9 Å². The van der Waals surface area contributed by atoms with Crippen LogP contribution in [0.4, 0.5) is 0 Å². The van der Waals surface area contributed by atoms with Gasteiger partial charge < -0.3 is 4.57 Å². The van der Waals surface area contributed by atoms with E-state index < -0.39 is 0 Å². The summed E-state index contributed by atoms with van der Waals surface area (Å²) >= 11 is 7.64. The van der Waals surface area contributed by atoms with E-state index in [1.807, 2.05) is 0 Å². The zero-order chi connectivity index (χ0) is 19.7. The molecule has 0 aliphatic carbocycles. The molecule has 0 amide bonds. The number of nitrogens with zero attached hydrogens (tertiary/aromatic N) is 2. The lowest BCUT2D eigenvalue weighted by Crippen LogP contribution is -2.43. The molecule has 0 N–H and O–H groups in total. The highest BCUT2D eigenvalue weighted by atomic mass is 79.9. The molecule has 0 radical (unpaired) electrons. The van der Waals surface area contributed by atoms with E-state index in [0.29, 0.717) is 0 Å². The Morgan fingerprint density at radius 1 is 0.778 bits per heavy atom.